The number of hydrogen-bond acceptors (Lipinski definition) is 4. The standard InChI is InChI=1S/C10H12F3N3O2/c1-6(2)7-5-9(18,10(11,12)13)16(15-7)8(17)3-4-14/h6,18H,3,5H2,1-2H3. The lowest BCUT2D eigenvalue weighted by molar-refractivity contribution is -0.302. The zero-order valence-corrected chi connectivity index (χ0v) is 9.82. The van der Waals surface area contributed by atoms with E-state index >= 15 is 0 Å². The Balaban J connectivity index is 3.14. The Hall–Kier alpha value is -1.62. The molecular formula is C10H12F3N3O2. The van der Waals surface area contributed by atoms with Gasteiger partial charge in [-0.3, -0.25) is 4.79 Å². The van der Waals surface area contributed by atoms with E-state index in [4.69, 9.17) is 5.26 Å². The Kier molecular flexibility index (Phi) is 3.67. The lowest BCUT2D eigenvalue weighted by Crippen LogP contribution is -2.56. The van der Waals surface area contributed by atoms with E-state index in [2.05, 4.69) is 5.10 Å². The first-order chi connectivity index (χ1) is 8.13. The van der Waals surface area contributed by atoms with Gasteiger partial charge >= 0.3 is 6.18 Å². The van der Waals surface area contributed by atoms with Gasteiger partial charge in [0, 0.05) is 12.1 Å². The van der Waals surface area contributed by atoms with Gasteiger partial charge in [0.15, 0.2) is 0 Å². The summed E-state index contributed by atoms with van der Waals surface area (Å²) in [6.45, 7) is 3.21. The summed E-state index contributed by atoms with van der Waals surface area (Å²) in [6.07, 6.45) is -6.59. The lowest BCUT2D eigenvalue weighted by Gasteiger charge is -2.32. The molecule has 1 unspecified atom stereocenters. The van der Waals surface area contributed by atoms with Crippen LogP contribution in [0.2, 0.25) is 0 Å². The molecule has 0 fully saturated rings. The van der Waals surface area contributed by atoms with Gasteiger partial charge in [0.2, 0.25) is 0 Å². The van der Waals surface area contributed by atoms with Gasteiger partial charge in [-0.25, -0.2) is 0 Å². The summed E-state index contributed by atoms with van der Waals surface area (Å²) in [7, 11) is 0. The quantitative estimate of drug-likeness (QED) is 0.818. The Morgan fingerprint density at radius 3 is 2.61 bits per heavy atom. The van der Waals surface area contributed by atoms with Crippen molar-refractivity contribution in [2.75, 3.05) is 0 Å². The van der Waals surface area contributed by atoms with Gasteiger partial charge in [0.25, 0.3) is 11.6 Å². The van der Waals surface area contributed by atoms with E-state index < -0.39 is 30.7 Å². The number of carbonyl (C=O) groups excluding carboxylic acids is 1. The molecule has 1 amide bonds. The molecule has 1 aliphatic heterocycles. The smallest absolute Gasteiger partial charge is 0.362 e. The van der Waals surface area contributed by atoms with E-state index in [1.165, 1.54) is 6.07 Å². The van der Waals surface area contributed by atoms with Crippen molar-refractivity contribution in [2.45, 2.75) is 38.6 Å². The Morgan fingerprint density at radius 1 is 1.67 bits per heavy atom. The van der Waals surface area contributed by atoms with Crippen LogP contribution in [0.3, 0.4) is 0 Å². The van der Waals surface area contributed by atoms with E-state index in [0.717, 1.165) is 0 Å². The van der Waals surface area contributed by atoms with Crippen LogP contribution in [0.25, 0.3) is 0 Å². The minimum absolute atomic E-state index is 0.0223. The van der Waals surface area contributed by atoms with Gasteiger partial charge in [-0.2, -0.15) is 28.5 Å². The third-order valence-electron chi connectivity index (χ3n) is 2.59. The largest absolute Gasteiger partial charge is 0.438 e. The van der Waals surface area contributed by atoms with E-state index in [-0.39, 0.29) is 16.6 Å². The molecule has 0 saturated heterocycles. The van der Waals surface area contributed by atoms with Crippen molar-refractivity contribution >= 4 is 11.6 Å². The molecule has 0 spiro atoms. The van der Waals surface area contributed by atoms with Crippen molar-refractivity contribution in [1.82, 2.24) is 5.01 Å². The highest BCUT2D eigenvalue weighted by atomic mass is 19.4. The van der Waals surface area contributed by atoms with Gasteiger partial charge in [-0.15, -0.1) is 0 Å². The van der Waals surface area contributed by atoms with Crippen LogP contribution in [0.1, 0.15) is 26.7 Å². The minimum atomic E-state index is -5.03. The molecule has 0 radical (unpaired) electrons. The predicted octanol–water partition coefficient (Wildman–Crippen LogP) is 1.40. The van der Waals surface area contributed by atoms with Crippen LogP contribution in [0.4, 0.5) is 13.2 Å². The SMILES string of the molecule is CC(C)C1=NN(C(=O)CC#N)C(O)(C(F)(F)F)C1. The molecule has 0 aromatic carbocycles. The van der Waals surface area contributed by atoms with E-state index in [0.29, 0.717) is 0 Å². The molecule has 1 atom stereocenters. The Labute approximate surface area is 101 Å². The average molecular weight is 263 g/mol. The molecule has 0 aromatic rings. The highest BCUT2D eigenvalue weighted by molar-refractivity contribution is 5.92. The molecular weight excluding hydrogens is 251 g/mol. The number of hydrogen-bond donors (Lipinski definition) is 1. The van der Waals surface area contributed by atoms with E-state index in [9.17, 15) is 23.1 Å². The predicted molar refractivity (Wildman–Crippen MR) is 55.0 cm³/mol. The average Bonchev–Trinajstić information content (AvgIpc) is 2.57. The second-order valence-electron chi connectivity index (χ2n) is 4.28. The number of halogens is 3. The van der Waals surface area contributed by atoms with Crippen LogP contribution in [-0.2, 0) is 4.79 Å². The molecule has 100 valence electrons. The maximum atomic E-state index is 12.8. The third-order valence-corrected chi connectivity index (χ3v) is 2.59. The van der Waals surface area contributed by atoms with Crippen molar-refractivity contribution < 1.29 is 23.1 Å². The molecule has 18 heavy (non-hydrogen) atoms. The Morgan fingerprint density at radius 2 is 2.22 bits per heavy atom. The monoisotopic (exact) mass is 263 g/mol. The molecule has 0 saturated carbocycles. The normalized spacial score (nSPS) is 24.1. The first kappa shape index (κ1) is 14.4. The summed E-state index contributed by atoms with van der Waals surface area (Å²) in [5.41, 5.74) is -3.28. The zero-order chi connectivity index (χ0) is 14.1. The van der Waals surface area contributed by atoms with Crippen molar-refractivity contribution in [2.24, 2.45) is 11.0 Å². The molecule has 1 aliphatic rings. The van der Waals surface area contributed by atoms with Gasteiger partial charge in [-0.1, -0.05) is 13.8 Å². The molecule has 8 heteroatoms. The van der Waals surface area contributed by atoms with Crippen LogP contribution in [0.15, 0.2) is 5.10 Å². The molecule has 1 rings (SSSR count). The molecule has 5 nitrogen and oxygen atoms in total. The van der Waals surface area contributed by atoms with Crippen molar-refractivity contribution in [3.8, 4) is 6.07 Å². The van der Waals surface area contributed by atoms with Gasteiger partial charge in [0.05, 0.1) is 6.07 Å². The summed E-state index contributed by atoms with van der Waals surface area (Å²) in [5, 5.41) is 21.5. The Bertz CT molecular complexity index is 425. The lowest BCUT2D eigenvalue weighted by atomic mass is 9.99. The number of amides is 1. The van der Waals surface area contributed by atoms with E-state index in [1.54, 1.807) is 13.8 Å². The topological polar surface area (TPSA) is 76.7 Å². The summed E-state index contributed by atoms with van der Waals surface area (Å²) in [4.78, 5) is 11.4. The highest BCUT2D eigenvalue weighted by Gasteiger charge is 2.63. The zero-order valence-electron chi connectivity index (χ0n) is 9.82. The van der Waals surface area contributed by atoms with Crippen LogP contribution < -0.4 is 0 Å². The fourth-order valence-corrected chi connectivity index (χ4v) is 1.52. The minimum Gasteiger partial charge on any atom is -0.362 e. The summed E-state index contributed by atoms with van der Waals surface area (Å²) < 4.78 is 38.5. The van der Waals surface area contributed by atoms with Gasteiger partial charge in [-0.05, 0) is 5.92 Å². The first-order valence-corrected chi connectivity index (χ1v) is 5.20. The van der Waals surface area contributed by atoms with Gasteiger partial charge in [0.1, 0.15) is 6.42 Å². The molecule has 0 aliphatic carbocycles. The summed E-state index contributed by atoms with van der Waals surface area (Å²) >= 11 is 0. The maximum absolute atomic E-state index is 12.8. The second kappa shape index (κ2) is 4.57. The van der Waals surface area contributed by atoms with E-state index in [1.807, 2.05) is 0 Å². The highest BCUT2D eigenvalue weighted by Crippen LogP contribution is 2.41. The van der Waals surface area contributed by atoms with Crippen molar-refractivity contribution in [3.63, 3.8) is 0 Å². The van der Waals surface area contributed by atoms with Gasteiger partial charge < -0.3 is 5.11 Å². The molecule has 1 heterocycles. The molecule has 1 N–H and O–H groups in total. The van der Waals surface area contributed by atoms with Crippen molar-refractivity contribution in [3.05, 3.63) is 0 Å². The summed E-state index contributed by atoms with van der Waals surface area (Å²) in [6, 6.07) is 1.44. The number of hydrazone groups is 1. The third kappa shape index (κ3) is 2.31. The summed E-state index contributed by atoms with van der Waals surface area (Å²) in [5.74, 6) is -1.51. The van der Waals surface area contributed by atoms with Crippen LogP contribution in [0.5, 0.6) is 0 Å². The maximum Gasteiger partial charge on any atom is 0.438 e. The van der Waals surface area contributed by atoms with Crippen molar-refractivity contribution in [1.29, 1.82) is 5.26 Å². The fraction of sp³-hybridized carbons (Fsp3) is 0.700. The number of nitrogens with zero attached hydrogens (tertiary/aromatic N) is 3. The number of nitriles is 1. The van der Waals surface area contributed by atoms with Crippen LogP contribution >= 0.6 is 0 Å². The van der Waals surface area contributed by atoms with Crippen LogP contribution in [0, 0.1) is 17.2 Å². The van der Waals surface area contributed by atoms with Crippen LogP contribution in [-0.4, -0.2) is 33.6 Å². The fourth-order valence-electron chi connectivity index (χ4n) is 1.52. The molecule has 0 aromatic heterocycles. The number of alkyl halides is 3. The molecule has 0 bridgehead atoms. The first-order valence-electron chi connectivity index (χ1n) is 5.20. The number of rotatable bonds is 2. The number of aliphatic hydroxyl groups is 1. The second-order valence-corrected chi connectivity index (χ2v) is 4.28. The number of carbonyl (C=O) groups is 1.